The minimum Gasteiger partial charge on any atom is -0.491 e. The van der Waals surface area contributed by atoms with Gasteiger partial charge in [0.2, 0.25) is 5.91 Å². The van der Waals surface area contributed by atoms with Crippen molar-refractivity contribution in [2.75, 3.05) is 57.3 Å². The van der Waals surface area contributed by atoms with E-state index in [1.54, 1.807) is 0 Å². The fourth-order valence-corrected chi connectivity index (χ4v) is 4.08. The van der Waals surface area contributed by atoms with Gasteiger partial charge in [0.15, 0.2) is 0 Å². The highest BCUT2D eigenvalue weighted by Crippen LogP contribution is 2.27. The van der Waals surface area contributed by atoms with Crippen LogP contribution in [0.4, 0.5) is 5.69 Å². The Bertz CT molecular complexity index is 821. The first-order chi connectivity index (χ1) is 13.7. The summed E-state index contributed by atoms with van der Waals surface area (Å²) in [6.45, 7) is 6.52. The van der Waals surface area contributed by atoms with Gasteiger partial charge in [0.05, 0.1) is 11.6 Å². The van der Waals surface area contributed by atoms with Crippen LogP contribution in [0.3, 0.4) is 0 Å². The number of piperazine rings is 1. The van der Waals surface area contributed by atoms with Crippen LogP contribution in [0.1, 0.15) is 5.56 Å². The van der Waals surface area contributed by atoms with E-state index in [1.807, 2.05) is 41.3 Å². The van der Waals surface area contributed by atoms with E-state index < -0.39 is 0 Å². The minimum atomic E-state index is 0.209. The van der Waals surface area contributed by atoms with Crippen LogP contribution < -0.4 is 9.64 Å². The number of ether oxygens (including phenoxy) is 1. The molecule has 0 N–H and O–H groups in total. The van der Waals surface area contributed by atoms with E-state index in [0.29, 0.717) is 18.2 Å². The molecule has 0 spiro atoms. The number of fused-ring (bicyclic) bond motifs is 1. The third kappa shape index (κ3) is 4.49. The average molecular weight is 400 g/mol. The standard InChI is InChI=1S/C22H26ClN3O2/c23-19-6-2-4-8-21(19)28-16-15-24-11-13-25(14-12-24)17-22(27)26-10-9-18-5-1-3-7-20(18)26/h1-8H,9-17H2. The molecular weight excluding hydrogens is 374 g/mol. The smallest absolute Gasteiger partial charge is 0.241 e. The molecule has 0 radical (unpaired) electrons. The fourth-order valence-electron chi connectivity index (χ4n) is 3.89. The molecule has 5 nitrogen and oxygen atoms in total. The number of carbonyl (C=O) groups is 1. The van der Waals surface area contributed by atoms with Crippen molar-refractivity contribution in [2.24, 2.45) is 0 Å². The number of halogens is 1. The highest BCUT2D eigenvalue weighted by Gasteiger charge is 2.26. The van der Waals surface area contributed by atoms with E-state index in [4.69, 9.17) is 16.3 Å². The molecule has 2 aliphatic rings. The number of carbonyl (C=O) groups excluding carboxylic acids is 1. The summed E-state index contributed by atoms with van der Waals surface area (Å²) in [7, 11) is 0. The van der Waals surface area contributed by atoms with Crippen LogP contribution in [0.5, 0.6) is 5.75 Å². The molecule has 28 heavy (non-hydrogen) atoms. The Morgan fingerprint density at radius 1 is 0.929 bits per heavy atom. The second-order valence-electron chi connectivity index (χ2n) is 7.32. The summed E-state index contributed by atoms with van der Waals surface area (Å²) in [4.78, 5) is 19.3. The van der Waals surface area contributed by atoms with Gasteiger partial charge in [0.25, 0.3) is 0 Å². The number of para-hydroxylation sites is 2. The summed E-state index contributed by atoms with van der Waals surface area (Å²) < 4.78 is 5.78. The first-order valence-corrected chi connectivity index (χ1v) is 10.3. The van der Waals surface area contributed by atoms with Crippen molar-refractivity contribution in [3.63, 3.8) is 0 Å². The van der Waals surface area contributed by atoms with E-state index in [-0.39, 0.29) is 5.91 Å². The highest BCUT2D eigenvalue weighted by atomic mass is 35.5. The van der Waals surface area contributed by atoms with Crippen molar-refractivity contribution in [1.82, 2.24) is 9.80 Å². The first kappa shape index (κ1) is 19.2. The van der Waals surface area contributed by atoms with Gasteiger partial charge < -0.3 is 9.64 Å². The molecule has 0 bridgehead atoms. The molecule has 1 saturated heterocycles. The Hall–Kier alpha value is -2.08. The van der Waals surface area contributed by atoms with Gasteiger partial charge in [-0.3, -0.25) is 14.6 Å². The number of benzene rings is 2. The molecule has 2 aromatic rings. The van der Waals surface area contributed by atoms with Gasteiger partial charge >= 0.3 is 0 Å². The highest BCUT2D eigenvalue weighted by molar-refractivity contribution is 6.32. The summed E-state index contributed by atoms with van der Waals surface area (Å²) >= 11 is 6.12. The maximum atomic E-state index is 12.8. The predicted octanol–water partition coefficient (Wildman–Crippen LogP) is 2.93. The lowest BCUT2D eigenvalue weighted by atomic mass is 10.2. The van der Waals surface area contributed by atoms with E-state index in [9.17, 15) is 4.79 Å². The molecule has 0 aliphatic carbocycles. The average Bonchev–Trinajstić information content (AvgIpc) is 3.15. The lowest BCUT2D eigenvalue weighted by Gasteiger charge is -2.35. The van der Waals surface area contributed by atoms with Crippen molar-refractivity contribution >= 4 is 23.2 Å². The third-order valence-electron chi connectivity index (χ3n) is 5.51. The zero-order valence-electron chi connectivity index (χ0n) is 16.0. The first-order valence-electron chi connectivity index (χ1n) is 9.91. The van der Waals surface area contributed by atoms with E-state index in [2.05, 4.69) is 21.9 Å². The molecule has 0 atom stereocenters. The van der Waals surface area contributed by atoms with Gasteiger partial charge in [-0.25, -0.2) is 0 Å². The van der Waals surface area contributed by atoms with Crippen LogP contribution in [0.15, 0.2) is 48.5 Å². The van der Waals surface area contributed by atoms with Gasteiger partial charge in [0.1, 0.15) is 12.4 Å². The summed E-state index contributed by atoms with van der Waals surface area (Å²) in [5.41, 5.74) is 2.36. The fraction of sp³-hybridized carbons (Fsp3) is 0.409. The van der Waals surface area contributed by atoms with Crippen molar-refractivity contribution in [2.45, 2.75) is 6.42 Å². The Morgan fingerprint density at radius 2 is 1.64 bits per heavy atom. The summed E-state index contributed by atoms with van der Waals surface area (Å²) in [6, 6.07) is 15.8. The zero-order chi connectivity index (χ0) is 19.3. The quantitative estimate of drug-likeness (QED) is 0.748. The minimum absolute atomic E-state index is 0.209. The molecule has 2 aliphatic heterocycles. The molecule has 1 amide bonds. The molecule has 2 aromatic carbocycles. The second-order valence-corrected chi connectivity index (χ2v) is 7.73. The van der Waals surface area contributed by atoms with Crippen LogP contribution in [0, 0.1) is 0 Å². The molecule has 1 fully saturated rings. The van der Waals surface area contributed by atoms with Gasteiger partial charge in [-0.15, -0.1) is 0 Å². The van der Waals surface area contributed by atoms with Gasteiger partial charge in [0, 0.05) is 45.0 Å². The number of anilines is 1. The Kier molecular flexibility index (Phi) is 6.15. The van der Waals surface area contributed by atoms with Crippen LogP contribution >= 0.6 is 11.6 Å². The summed E-state index contributed by atoms with van der Waals surface area (Å²) in [6.07, 6.45) is 0.959. The summed E-state index contributed by atoms with van der Waals surface area (Å²) in [5.74, 6) is 0.944. The van der Waals surface area contributed by atoms with Crippen LogP contribution in [0.2, 0.25) is 5.02 Å². The molecular formula is C22H26ClN3O2. The lowest BCUT2D eigenvalue weighted by molar-refractivity contribution is -0.120. The van der Waals surface area contributed by atoms with E-state index >= 15 is 0 Å². The monoisotopic (exact) mass is 399 g/mol. The van der Waals surface area contributed by atoms with Crippen LogP contribution in [-0.2, 0) is 11.2 Å². The number of hydrogen-bond acceptors (Lipinski definition) is 4. The van der Waals surface area contributed by atoms with Crippen LogP contribution in [0.25, 0.3) is 0 Å². The van der Waals surface area contributed by atoms with E-state index in [0.717, 1.165) is 57.1 Å². The van der Waals surface area contributed by atoms with Gasteiger partial charge in [-0.1, -0.05) is 41.9 Å². The number of nitrogens with zero attached hydrogens (tertiary/aromatic N) is 3. The molecule has 6 heteroatoms. The second kappa shape index (κ2) is 8.95. The molecule has 0 saturated carbocycles. The predicted molar refractivity (Wildman–Crippen MR) is 112 cm³/mol. The van der Waals surface area contributed by atoms with Crippen molar-refractivity contribution in [3.05, 3.63) is 59.1 Å². The molecule has 148 valence electrons. The third-order valence-corrected chi connectivity index (χ3v) is 5.83. The van der Waals surface area contributed by atoms with E-state index in [1.165, 1.54) is 5.56 Å². The zero-order valence-corrected chi connectivity index (χ0v) is 16.8. The lowest BCUT2D eigenvalue weighted by Crippen LogP contribution is -2.50. The molecule has 0 unspecified atom stereocenters. The maximum Gasteiger partial charge on any atom is 0.241 e. The topological polar surface area (TPSA) is 36.0 Å². The number of hydrogen-bond donors (Lipinski definition) is 0. The number of amides is 1. The largest absolute Gasteiger partial charge is 0.491 e. The van der Waals surface area contributed by atoms with Gasteiger partial charge in [-0.2, -0.15) is 0 Å². The SMILES string of the molecule is O=C(CN1CCN(CCOc2ccccc2Cl)CC1)N1CCc2ccccc21. The van der Waals surface area contributed by atoms with Crippen molar-refractivity contribution < 1.29 is 9.53 Å². The maximum absolute atomic E-state index is 12.8. The Morgan fingerprint density at radius 3 is 2.46 bits per heavy atom. The number of rotatable bonds is 6. The van der Waals surface area contributed by atoms with Gasteiger partial charge in [-0.05, 0) is 30.2 Å². The van der Waals surface area contributed by atoms with Crippen LogP contribution in [-0.4, -0.2) is 68.1 Å². The Labute approximate surface area is 171 Å². The molecule has 0 aromatic heterocycles. The Balaban J connectivity index is 1.19. The van der Waals surface area contributed by atoms with Crippen molar-refractivity contribution in [3.8, 4) is 5.75 Å². The normalized spacial score (nSPS) is 17.5. The molecule has 4 rings (SSSR count). The van der Waals surface area contributed by atoms with Crippen molar-refractivity contribution in [1.29, 1.82) is 0 Å². The summed E-state index contributed by atoms with van der Waals surface area (Å²) in [5, 5.41) is 0.648. The molecule has 2 heterocycles.